The Morgan fingerprint density at radius 1 is 1.46 bits per heavy atom. The molecule has 132 valence electrons. The molecule has 1 aromatic rings. The van der Waals surface area contributed by atoms with Crippen LogP contribution in [0.5, 0.6) is 5.75 Å². The maximum Gasteiger partial charge on any atom is 0.317 e. The Kier molecular flexibility index (Phi) is 7.12. The van der Waals surface area contributed by atoms with E-state index >= 15 is 0 Å². The molecule has 2 N–H and O–H groups in total. The zero-order valence-electron chi connectivity index (χ0n) is 13.8. The molecule has 1 rings (SSSR count). The molecule has 0 aliphatic rings. The van der Waals surface area contributed by atoms with E-state index in [4.69, 9.17) is 9.84 Å². The summed E-state index contributed by atoms with van der Waals surface area (Å²) in [5, 5.41) is 22.5. The summed E-state index contributed by atoms with van der Waals surface area (Å²) in [4.78, 5) is 35.3. The number of carboxylic acid groups (broad SMARTS) is 1. The van der Waals surface area contributed by atoms with E-state index in [-0.39, 0.29) is 17.9 Å². The predicted octanol–water partition coefficient (Wildman–Crippen LogP) is 1.73. The Morgan fingerprint density at radius 3 is 2.62 bits per heavy atom. The molecular formula is C15H21N3O6. The van der Waals surface area contributed by atoms with E-state index in [1.807, 2.05) is 6.92 Å². The summed E-state index contributed by atoms with van der Waals surface area (Å²) in [7, 11) is 1.38. The average molecular weight is 339 g/mol. The molecule has 0 spiro atoms. The molecule has 0 saturated heterocycles. The number of rotatable bonds is 9. The molecular weight excluding hydrogens is 318 g/mol. The lowest BCUT2D eigenvalue weighted by Gasteiger charge is -2.26. The van der Waals surface area contributed by atoms with Gasteiger partial charge in [0.1, 0.15) is 11.4 Å². The van der Waals surface area contributed by atoms with Gasteiger partial charge in [0.2, 0.25) is 5.91 Å². The van der Waals surface area contributed by atoms with Gasteiger partial charge in [-0.2, -0.15) is 0 Å². The van der Waals surface area contributed by atoms with Crippen molar-refractivity contribution < 1.29 is 24.4 Å². The van der Waals surface area contributed by atoms with Crippen molar-refractivity contribution in [2.75, 3.05) is 25.5 Å². The SMILES string of the molecule is CCCN(CC(=O)O)C(C)C(=O)Nc1ccc(OC)cc1[N+](=O)[O-]. The van der Waals surface area contributed by atoms with Crippen molar-refractivity contribution >= 4 is 23.3 Å². The van der Waals surface area contributed by atoms with Crippen molar-refractivity contribution in [3.05, 3.63) is 28.3 Å². The lowest BCUT2D eigenvalue weighted by atomic mass is 10.2. The molecule has 9 heteroatoms. The van der Waals surface area contributed by atoms with E-state index in [2.05, 4.69) is 5.32 Å². The molecule has 0 saturated carbocycles. The molecule has 1 atom stereocenters. The third-order valence-electron chi connectivity index (χ3n) is 3.44. The Bertz CT molecular complexity index is 619. The maximum absolute atomic E-state index is 12.3. The molecule has 0 aliphatic carbocycles. The third-order valence-corrected chi connectivity index (χ3v) is 3.44. The van der Waals surface area contributed by atoms with Crippen molar-refractivity contribution in [2.24, 2.45) is 0 Å². The standard InChI is InChI=1S/C15H21N3O6/c1-4-7-17(9-14(19)20)10(2)15(21)16-12-6-5-11(24-3)8-13(12)18(22)23/h5-6,8,10H,4,7,9H2,1-3H3,(H,16,21)(H,19,20). The average Bonchev–Trinajstić information content (AvgIpc) is 2.53. The van der Waals surface area contributed by atoms with Gasteiger partial charge in [-0.25, -0.2) is 0 Å². The normalized spacial score (nSPS) is 11.8. The lowest BCUT2D eigenvalue weighted by Crippen LogP contribution is -2.45. The molecule has 1 unspecified atom stereocenters. The van der Waals surface area contributed by atoms with E-state index in [0.29, 0.717) is 18.7 Å². The van der Waals surface area contributed by atoms with Crippen molar-refractivity contribution in [3.8, 4) is 5.75 Å². The molecule has 24 heavy (non-hydrogen) atoms. The summed E-state index contributed by atoms with van der Waals surface area (Å²) in [6, 6.07) is 3.33. The van der Waals surface area contributed by atoms with Gasteiger partial charge < -0.3 is 15.2 Å². The number of carboxylic acids is 1. The van der Waals surface area contributed by atoms with Crippen LogP contribution in [0.25, 0.3) is 0 Å². The van der Waals surface area contributed by atoms with Crippen LogP contribution in [0.4, 0.5) is 11.4 Å². The van der Waals surface area contributed by atoms with Crippen molar-refractivity contribution in [2.45, 2.75) is 26.3 Å². The number of carbonyl (C=O) groups is 2. The number of hydrogen-bond acceptors (Lipinski definition) is 6. The van der Waals surface area contributed by atoms with Crippen molar-refractivity contribution in [1.82, 2.24) is 4.90 Å². The fourth-order valence-corrected chi connectivity index (χ4v) is 2.17. The minimum absolute atomic E-state index is 0.0319. The number of carbonyl (C=O) groups excluding carboxylic acids is 1. The topological polar surface area (TPSA) is 122 Å². The van der Waals surface area contributed by atoms with Crippen LogP contribution in [0.15, 0.2) is 18.2 Å². The fraction of sp³-hybridized carbons (Fsp3) is 0.467. The molecule has 9 nitrogen and oxygen atoms in total. The zero-order chi connectivity index (χ0) is 18.3. The van der Waals surface area contributed by atoms with E-state index in [9.17, 15) is 19.7 Å². The second kappa shape index (κ2) is 8.82. The highest BCUT2D eigenvalue weighted by Gasteiger charge is 2.25. The molecule has 0 bridgehead atoms. The summed E-state index contributed by atoms with van der Waals surface area (Å²) in [5.41, 5.74) is -0.264. The third kappa shape index (κ3) is 5.20. The highest BCUT2D eigenvalue weighted by Crippen LogP contribution is 2.29. The highest BCUT2D eigenvalue weighted by molar-refractivity contribution is 5.96. The van der Waals surface area contributed by atoms with Crippen LogP contribution in [-0.4, -0.2) is 53.0 Å². The fourth-order valence-electron chi connectivity index (χ4n) is 2.17. The molecule has 0 aliphatic heterocycles. The number of methoxy groups -OCH3 is 1. The number of ether oxygens (including phenoxy) is 1. The van der Waals surface area contributed by atoms with Crippen LogP contribution >= 0.6 is 0 Å². The maximum atomic E-state index is 12.3. The Hall–Kier alpha value is -2.68. The summed E-state index contributed by atoms with van der Waals surface area (Å²) in [5.74, 6) is -1.26. The number of nitrogens with one attached hydrogen (secondary N) is 1. The van der Waals surface area contributed by atoms with Crippen LogP contribution in [0.1, 0.15) is 20.3 Å². The number of nitro benzene ring substituents is 1. The highest BCUT2D eigenvalue weighted by atomic mass is 16.6. The number of benzene rings is 1. The van der Waals surface area contributed by atoms with E-state index < -0.39 is 22.8 Å². The van der Waals surface area contributed by atoms with Crippen LogP contribution in [0.3, 0.4) is 0 Å². The minimum atomic E-state index is -1.04. The summed E-state index contributed by atoms with van der Waals surface area (Å²) >= 11 is 0. The first-order valence-electron chi connectivity index (χ1n) is 7.39. The van der Waals surface area contributed by atoms with Crippen LogP contribution in [0, 0.1) is 10.1 Å². The Labute approximate surface area is 139 Å². The van der Waals surface area contributed by atoms with Gasteiger partial charge in [0.05, 0.1) is 30.7 Å². The van der Waals surface area contributed by atoms with Gasteiger partial charge in [-0.05, 0) is 32.0 Å². The molecule has 0 fully saturated rings. The van der Waals surface area contributed by atoms with Gasteiger partial charge in [0.15, 0.2) is 0 Å². The van der Waals surface area contributed by atoms with Crippen LogP contribution in [0.2, 0.25) is 0 Å². The van der Waals surface area contributed by atoms with E-state index in [1.165, 1.54) is 30.2 Å². The molecule has 0 aromatic heterocycles. The summed E-state index contributed by atoms with van der Waals surface area (Å²) in [6.45, 7) is 3.57. The number of nitro groups is 1. The second-order valence-corrected chi connectivity index (χ2v) is 5.17. The number of hydrogen-bond donors (Lipinski definition) is 2. The van der Waals surface area contributed by atoms with Crippen LogP contribution < -0.4 is 10.1 Å². The number of nitrogens with zero attached hydrogens (tertiary/aromatic N) is 2. The molecule has 0 heterocycles. The Morgan fingerprint density at radius 2 is 2.12 bits per heavy atom. The molecule has 1 amide bonds. The first-order chi connectivity index (χ1) is 11.3. The minimum Gasteiger partial charge on any atom is -0.496 e. The first kappa shape index (κ1) is 19.4. The van der Waals surface area contributed by atoms with Gasteiger partial charge in [-0.1, -0.05) is 6.92 Å². The second-order valence-electron chi connectivity index (χ2n) is 5.17. The number of amides is 1. The Balaban J connectivity index is 2.96. The van der Waals surface area contributed by atoms with Gasteiger partial charge in [-0.15, -0.1) is 0 Å². The largest absolute Gasteiger partial charge is 0.496 e. The van der Waals surface area contributed by atoms with Crippen molar-refractivity contribution in [3.63, 3.8) is 0 Å². The molecule has 1 aromatic carbocycles. The smallest absolute Gasteiger partial charge is 0.317 e. The molecule has 0 radical (unpaired) electrons. The number of anilines is 1. The summed E-state index contributed by atoms with van der Waals surface area (Å²) < 4.78 is 4.94. The van der Waals surface area contributed by atoms with Gasteiger partial charge in [0, 0.05) is 0 Å². The van der Waals surface area contributed by atoms with E-state index in [1.54, 1.807) is 6.92 Å². The van der Waals surface area contributed by atoms with Gasteiger partial charge >= 0.3 is 5.97 Å². The number of aliphatic carboxylic acids is 1. The van der Waals surface area contributed by atoms with Gasteiger partial charge in [0.25, 0.3) is 5.69 Å². The quantitative estimate of drug-likeness (QED) is 0.519. The first-order valence-corrected chi connectivity index (χ1v) is 7.39. The monoisotopic (exact) mass is 339 g/mol. The zero-order valence-corrected chi connectivity index (χ0v) is 13.8. The summed E-state index contributed by atoms with van der Waals surface area (Å²) in [6.07, 6.45) is 0.674. The van der Waals surface area contributed by atoms with Gasteiger partial charge in [-0.3, -0.25) is 24.6 Å². The lowest BCUT2D eigenvalue weighted by molar-refractivity contribution is -0.384. The van der Waals surface area contributed by atoms with Crippen molar-refractivity contribution in [1.29, 1.82) is 0 Å². The predicted molar refractivity (Wildman–Crippen MR) is 87.2 cm³/mol. The van der Waals surface area contributed by atoms with Crippen LogP contribution in [-0.2, 0) is 9.59 Å². The van der Waals surface area contributed by atoms with E-state index in [0.717, 1.165) is 0 Å².